The van der Waals surface area contributed by atoms with Gasteiger partial charge in [-0.25, -0.2) is 4.79 Å². The van der Waals surface area contributed by atoms with Crippen molar-refractivity contribution >= 4 is 11.9 Å². The molecule has 4 heteroatoms. The first-order valence-corrected chi connectivity index (χ1v) is 12.1. The third kappa shape index (κ3) is 6.58. The smallest absolute Gasteiger partial charge is 0.330 e. The number of carbonyl (C=O) groups excluding carboxylic acids is 2. The van der Waals surface area contributed by atoms with Crippen LogP contribution in [0.25, 0.3) is 0 Å². The second-order valence-electron chi connectivity index (χ2n) is 9.57. The molecule has 29 heavy (non-hydrogen) atoms. The van der Waals surface area contributed by atoms with Crippen LogP contribution in [0.4, 0.5) is 0 Å². The van der Waals surface area contributed by atoms with E-state index in [1.165, 1.54) is 25.3 Å². The summed E-state index contributed by atoms with van der Waals surface area (Å²) in [5.41, 5.74) is 0. The molecular weight excluding hydrogens is 364 g/mol. The van der Waals surface area contributed by atoms with Crippen LogP contribution in [-0.2, 0) is 19.1 Å². The summed E-state index contributed by atoms with van der Waals surface area (Å²) < 4.78 is 11.4. The van der Waals surface area contributed by atoms with Crippen LogP contribution in [0.1, 0.15) is 97.3 Å². The van der Waals surface area contributed by atoms with E-state index < -0.39 is 0 Å². The van der Waals surface area contributed by atoms with Crippen molar-refractivity contribution in [1.29, 1.82) is 0 Å². The molecule has 3 saturated carbocycles. The van der Waals surface area contributed by atoms with Gasteiger partial charge in [0.15, 0.2) is 0 Å². The van der Waals surface area contributed by atoms with E-state index in [1.54, 1.807) is 6.08 Å². The van der Waals surface area contributed by atoms with Gasteiger partial charge >= 0.3 is 11.9 Å². The van der Waals surface area contributed by atoms with Crippen LogP contribution in [0.15, 0.2) is 12.2 Å². The Morgan fingerprint density at radius 3 is 1.83 bits per heavy atom. The fourth-order valence-corrected chi connectivity index (χ4v) is 5.76. The minimum atomic E-state index is -0.210. The summed E-state index contributed by atoms with van der Waals surface area (Å²) >= 11 is 0. The summed E-state index contributed by atoms with van der Waals surface area (Å²) in [6.07, 6.45) is 17.8. The van der Waals surface area contributed by atoms with Crippen molar-refractivity contribution in [2.45, 2.75) is 110 Å². The number of hydrogen-bond donors (Lipinski definition) is 0. The van der Waals surface area contributed by atoms with Gasteiger partial charge in [0, 0.05) is 6.08 Å². The second-order valence-corrected chi connectivity index (χ2v) is 9.57. The lowest BCUT2D eigenvalue weighted by atomic mass is 9.70. The Morgan fingerprint density at radius 1 is 0.759 bits per heavy atom. The monoisotopic (exact) mass is 404 g/mol. The highest BCUT2D eigenvalue weighted by molar-refractivity contribution is 5.81. The number of hydrogen-bond acceptors (Lipinski definition) is 4. The Morgan fingerprint density at radius 2 is 1.28 bits per heavy atom. The Balaban J connectivity index is 1.34. The molecule has 0 bridgehead atoms. The molecule has 0 radical (unpaired) electrons. The molecule has 3 aliphatic carbocycles. The molecule has 0 heterocycles. The molecular formula is C25H40O4. The van der Waals surface area contributed by atoms with Gasteiger partial charge in [-0.2, -0.15) is 0 Å². The first kappa shape index (κ1) is 22.4. The number of allylic oxidation sites excluding steroid dienone is 1. The molecule has 0 aromatic carbocycles. The van der Waals surface area contributed by atoms with E-state index in [0.29, 0.717) is 0 Å². The average Bonchev–Trinajstić information content (AvgIpc) is 2.75. The summed E-state index contributed by atoms with van der Waals surface area (Å²) in [5, 5.41) is 0. The molecule has 3 rings (SSSR count). The minimum absolute atomic E-state index is 0.0722. The largest absolute Gasteiger partial charge is 0.462 e. The molecule has 164 valence electrons. The quantitative estimate of drug-likeness (QED) is 0.403. The van der Waals surface area contributed by atoms with Gasteiger partial charge in [-0.1, -0.05) is 19.4 Å². The third-order valence-electron chi connectivity index (χ3n) is 7.73. The standard InChI is InChI=1S/C25H40O4/c1-3-5-24(26)28-22-16-12-20(13-17-22)19-8-10-21(11-9-19)25(27)29-23-14-6-18(4-2)7-15-23/h3,5,18-23H,4,6-17H2,1-2H3. The molecule has 3 aliphatic rings. The second kappa shape index (κ2) is 11.2. The Labute approximate surface area is 176 Å². The average molecular weight is 405 g/mol. The molecule has 0 aromatic rings. The third-order valence-corrected chi connectivity index (χ3v) is 7.73. The van der Waals surface area contributed by atoms with E-state index in [2.05, 4.69) is 6.92 Å². The van der Waals surface area contributed by atoms with Crippen LogP contribution in [0.3, 0.4) is 0 Å². The zero-order valence-corrected chi connectivity index (χ0v) is 18.4. The van der Waals surface area contributed by atoms with Crippen molar-refractivity contribution in [3.63, 3.8) is 0 Å². The predicted octanol–water partition coefficient (Wildman–Crippen LogP) is 5.98. The van der Waals surface area contributed by atoms with Crippen LogP contribution in [0, 0.1) is 23.7 Å². The Kier molecular flexibility index (Phi) is 8.62. The summed E-state index contributed by atoms with van der Waals surface area (Å²) in [6.45, 7) is 4.10. The topological polar surface area (TPSA) is 52.6 Å². The normalized spacial score (nSPS) is 35.9. The van der Waals surface area contributed by atoms with Gasteiger partial charge < -0.3 is 9.47 Å². The molecule has 0 N–H and O–H groups in total. The SMILES string of the molecule is CC=CC(=O)OC1CCC(C2CCC(C(=O)OC3CCC(CC)CC3)CC2)CC1. The highest BCUT2D eigenvalue weighted by Crippen LogP contribution is 2.41. The number of ether oxygens (including phenoxy) is 2. The number of rotatable bonds is 6. The van der Waals surface area contributed by atoms with Gasteiger partial charge in [0.05, 0.1) is 5.92 Å². The van der Waals surface area contributed by atoms with E-state index in [4.69, 9.17) is 9.47 Å². The molecule has 0 amide bonds. The van der Waals surface area contributed by atoms with Crippen LogP contribution >= 0.6 is 0 Å². The van der Waals surface area contributed by atoms with E-state index in [9.17, 15) is 9.59 Å². The molecule has 0 unspecified atom stereocenters. The van der Waals surface area contributed by atoms with Crippen molar-refractivity contribution in [1.82, 2.24) is 0 Å². The molecule has 0 spiro atoms. The van der Waals surface area contributed by atoms with Gasteiger partial charge in [-0.05, 0) is 102 Å². The molecule has 4 nitrogen and oxygen atoms in total. The molecule has 3 fully saturated rings. The fraction of sp³-hybridized carbons (Fsp3) is 0.840. The van der Waals surface area contributed by atoms with Crippen molar-refractivity contribution in [2.75, 3.05) is 0 Å². The summed E-state index contributed by atoms with van der Waals surface area (Å²) in [6, 6.07) is 0. The van der Waals surface area contributed by atoms with Crippen molar-refractivity contribution in [3.05, 3.63) is 12.2 Å². The lowest BCUT2D eigenvalue weighted by Crippen LogP contribution is -2.33. The molecule has 0 saturated heterocycles. The van der Waals surface area contributed by atoms with Gasteiger partial charge in [-0.15, -0.1) is 0 Å². The van der Waals surface area contributed by atoms with E-state index >= 15 is 0 Å². The maximum absolute atomic E-state index is 12.6. The first-order valence-electron chi connectivity index (χ1n) is 12.1. The van der Waals surface area contributed by atoms with Crippen LogP contribution in [0.2, 0.25) is 0 Å². The zero-order valence-electron chi connectivity index (χ0n) is 18.4. The molecule has 0 aromatic heterocycles. The van der Waals surface area contributed by atoms with Gasteiger partial charge in [0.2, 0.25) is 0 Å². The van der Waals surface area contributed by atoms with Gasteiger partial charge in [-0.3, -0.25) is 4.79 Å². The fourth-order valence-electron chi connectivity index (χ4n) is 5.76. The summed E-state index contributed by atoms with van der Waals surface area (Å²) in [5.74, 6) is 2.27. The Bertz CT molecular complexity index is 545. The maximum Gasteiger partial charge on any atom is 0.330 e. The van der Waals surface area contributed by atoms with E-state index in [0.717, 1.165) is 82.0 Å². The van der Waals surface area contributed by atoms with Crippen molar-refractivity contribution in [2.24, 2.45) is 23.7 Å². The van der Waals surface area contributed by atoms with E-state index in [-0.39, 0.29) is 30.1 Å². The highest BCUT2D eigenvalue weighted by Gasteiger charge is 2.35. The highest BCUT2D eigenvalue weighted by atomic mass is 16.5. The minimum Gasteiger partial charge on any atom is -0.462 e. The maximum atomic E-state index is 12.6. The number of carbonyl (C=O) groups is 2. The van der Waals surface area contributed by atoms with Gasteiger partial charge in [0.1, 0.15) is 12.2 Å². The van der Waals surface area contributed by atoms with Crippen molar-refractivity contribution in [3.8, 4) is 0 Å². The van der Waals surface area contributed by atoms with Crippen molar-refractivity contribution < 1.29 is 19.1 Å². The van der Waals surface area contributed by atoms with Gasteiger partial charge in [0.25, 0.3) is 0 Å². The lowest BCUT2D eigenvalue weighted by molar-refractivity contribution is -0.157. The summed E-state index contributed by atoms with van der Waals surface area (Å²) in [7, 11) is 0. The van der Waals surface area contributed by atoms with E-state index in [1.807, 2.05) is 6.92 Å². The first-order chi connectivity index (χ1) is 14.1. The number of esters is 2. The van der Waals surface area contributed by atoms with Crippen LogP contribution in [-0.4, -0.2) is 24.1 Å². The van der Waals surface area contributed by atoms with Crippen LogP contribution in [0.5, 0.6) is 0 Å². The predicted molar refractivity (Wildman–Crippen MR) is 114 cm³/mol. The molecule has 0 atom stereocenters. The Hall–Kier alpha value is -1.32. The van der Waals surface area contributed by atoms with Crippen LogP contribution < -0.4 is 0 Å². The lowest BCUT2D eigenvalue weighted by Gasteiger charge is -2.37. The summed E-state index contributed by atoms with van der Waals surface area (Å²) in [4.78, 5) is 24.2. The molecule has 0 aliphatic heterocycles. The zero-order chi connectivity index (χ0) is 20.6.